The van der Waals surface area contributed by atoms with Crippen molar-refractivity contribution in [3.63, 3.8) is 0 Å². The predicted molar refractivity (Wildman–Crippen MR) is 66.9 cm³/mol. The largest absolute Gasteiger partial charge is 0.395 e. The smallest absolute Gasteiger partial charge is 0.0565 e. The lowest BCUT2D eigenvalue weighted by molar-refractivity contribution is 0.115. The summed E-state index contributed by atoms with van der Waals surface area (Å²) in [7, 11) is 3.48. The third kappa shape index (κ3) is 10.7. The zero-order valence-electron chi connectivity index (χ0n) is 9.20. The fourth-order valence-corrected chi connectivity index (χ4v) is 2.74. The average Bonchev–Trinajstić information content (AvgIpc) is 2.17. The van der Waals surface area contributed by atoms with Crippen molar-refractivity contribution in [1.29, 1.82) is 0 Å². The highest BCUT2D eigenvalue weighted by Gasteiger charge is 1.99. The van der Waals surface area contributed by atoms with Crippen LogP contribution in [0.3, 0.4) is 0 Å². The first-order valence-electron chi connectivity index (χ1n) is 5.24. The molecule has 0 aromatic carbocycles. The Bertz CT molecular complexity index is 112. The van der Waals surface area contributed by atoms with E-state index in [0.29, 0.717) is 5.92 Å². The van der Waals surface area contributed by atoms with Gasteiger partial charge in [0.05, 0.1) is 13.2 Å². The van der Waals surface area contributed by atoms with E-state index in [4.69, 9.17) is 9.84 Å². The number of hydrogen-bond donors (Lipinski definition) is 1. The second-order valence-electron chi connectivity index (χ2n) is 3.34. The quantitative estimate of drug-likeness (QED) is 0.468. The van der Waals surface area contributed by atoms with Crippen molar-refractivity contribution in [3.05, 3.63) is 0 Å². The van der Waals surface area contributed by atoms with Crippen LogP contribution in [0, 0.1) is 5.92 Å². The van der Waals surface area contributed by atoms with Crippen molar-refractivity contribution >= 4 is 21.6 Å². The summed E-state index contributed by atoms with van der Waals surface area (Å²) in [4.78, 5) is 0. The Hall–Kier alpha value is 0.620. The van der Waals surface area contributed by atoms with Gasteiger partial charge in [0, 0.05) is 18.1 Å². The third-order valence-corrected chi connectivity index (χ3v) is 4.10. The van der Waals surface area contributed by atoms with Gasteiger partial charge in [-0.2, -0.15) is 0 Å². The normalized spacial score (nSPS) is 13.1. The molecule has 0 aliphatic heterocycles. The lowest BCUT2D eigenvalue weighted by Crippen LogP contribution is -2.07. The first-order valence-corrected chi connectivity index (χ1v) is 7.73. The highest BCUT2D eigenvalue weighted by atomic mass is 33.1. The van der Waals surface area contributed by atoms with Crippen molar-refractivity contribution in [2.45, 2.75) is 26.7 Å². The van der Waals surface area contributed by atoms with Gasteiger partial charge in [0.25, 0.3) is 0 Å². The lowest BCUT2D eigenvalue weighted by Gasteiger charge is -2.10. The minimum Gasteiger partial charge on any atom is -0.395 e. The Morgan fingerprint density at radius 2 is 2.00 bits per heavy atom. The van der Waals surface area contributed by atoms with Crippen molar-refractivity contribution in [1.82, 2.24) is 0 Å². The van der Waals surface area contributed by atoms with E-state index in [1.807, 2.05) is 0 Å². The second kappa shape index (κ2) is 11.7. The molecule has 0 aromatic heterocycles. The Morgan fingerprint density at radius 3 is 2.64 bits per heavy atom. The molecule has 0 bridgehead atoms. The van der Waals surface area contributed by atoms with Gasteiger partial charge in [0.15, 0.2) is 0 Å². The maximum absolute atomic E-state index is 8.54. The van der Waals surface area contributed by atoms with E-state index < -0.39 is 0 Å². The molecule has 4 heteroatoms. The van der Waals surface area contributed by atoms with Crippen LogP contribution in [0.5, 0.6) is 0 Å². The summed E-state index contributed by atoms with van der Waals surface area (Å²) < 4.78 is 5.53. The molecule has 86 valence electrons. The van der Waals surface area contributed by atoms with Crippen molar-refractivity contribution in [2.75, 3.05) is 31.3 Å². The molecule has 1 N–H and O–H groups in total. The third-order valence-electron chi connectivity index (χ3n) is 1.75. The van der Waals surface area contributed by atoms with E-state index in [-0.39, 0.29) is 6.61 Å². The molecule has 0 aromatic rings. The van der Waals surface area contributed by atoms with Gasteiger partial charge < -0.3 is 9.84 Å². The van der Waals surface area contributed by atoms with Gasteiger partial charge >= 0.3 is 0 Å². The van der Waals surface area contributed by atoms with Crippen molar-refractivity contribution in [3.8, 4) is 0 Å². The summed E-state index contributed by atoms with van der Waals surface area (Å²) in [5.74, 6) is 2.52. The standard InChI is InChI=1S/C10H22O2S2/c1-3-4-10(2)9-12-6-8-14-13-7-5-11/h10-11H,3-9H2,1-2H3. The second-order valence-corrected chi connectivity index (χ2v) is 6.04. The van der Waals surface area contributed by atoms with Gasteiger partial charge in [-0.05, 0) is 12.3 Å². The fourth-order valence-electron chi connectivity index (χ4n) is 1.11. The summed E-state index contributed by atoms with van der Waals surface area (Å²) in [6.45, 7) is 6.43. The first-order chi connectivity index (χ1) is 6.81. The molecule has 0 heterocycles. The topological polar surface area (TPSA) is 29.5 Å². The summed E-state index contributed by atoms with van der Waals surface area (Å²) in [5, 5.41) is 8.54. The zero-order valence-corrected chi connectivity index (χ0v) is 10.8. The lowest BCUT2D eigenvalue weighted by atomic mass is 10.1. The Balaban J connectivity index is 2.98. The first kappa shape index (κ1) is 14.6. The maximum Gasteiger partial charge on any atom is 0.0565 e. The van der Waals surface area contributed by atoms with E-state index in [1.165, 1.54) is 12.8 Å². The molecule has 1 atom stereocenters. The van der Waals surface area contributed by atoms with E-state index in [2.05, 4.69) is 13.8 Å². The number of aliphatic hydroxyl groups excluding tert-OH is 1. The van der Waals surface area contributed by atoms with Crippen LogP contribution in [0.15, 0.2) is 0 Å². The monoisotopic (exact) mass is 238 g/mol. The van der Waals surface area contributed by atoms with Crippen molar-refractivity contribution in [2.24, 2.45) is 5.92 Å². The molecule has 0 amide bonds. The van der Waals surface area contributed by atoms with Crippen LogP contribution in [-0.4, -0.2) is 36.4 Å². The van der Waals surface area contributed by atoms with Gasteiger partial charge in [-0.15, -0.1) is 0 Å². The fraction of sp³-hybridized carbons (Fsp3) is 1.00. The molecular formula is C10H22O2S2. The highest BCUT2D eigenvalue weighted by Crippen LogP contribution is 2.19. The molecule has 0 aliphatic carbocycles. The zero-order chi connectivity index (χ0) is 10.6. The molecule has 0 spiro atoms. The molecule has 0 fully saturated rings. The Kier molecular flexibility index (Phi) is 12.2. The van der Waals surface area contributed by atoms with Crippen LogP contribution in [0.1, 0.15) is 26.7 Å². The molecule has 0 radical (unpaired) electrons. The minimum absolute atomic E-state index is 0.270. The molecule has 0 rings (SSSR count). The average molecular weight is 238 g/mol. The predicted octanol–water partition coefficient (Wildman–Crippen LogP) is 2.81. The van der Waals surface area contributed by atoms with Gasteiger partial charge in [0.2, 0.25) is 0 Å². The highest BCUT2D eigenvalue weighted by molar-refractivity contribution is 8.76. The van der Waals surface area contributed by atoms with Crippen LogP contribution >= 0.6 is 21.6 Å². The van der Waals surface area contributed by atoms with E-state index in [9.17, 15) is 0 Å². The SMILES string of the molecule is CCCC(C)COCCSSCCO. The molecular weight excluding hydrogens is 216 g/mol. The van der Waals surface area contributed by atoms with Crippen LogP contribution in [0.4, 0.5) is 0 Å². The van der Waals surface area contributed by atoms with Crippen LogP contribution in [-0.2, 0) is 4.74 Å². The number of ether oxygens (including phenoxy) is 1. The molecule has 14 heavy (non-hydrogen) atoms. The van der Waals surface area contributed by atoms with E-state index in [0.717, 1.165) is 24.7 Å². The van der Waals surface area contributed by atoms with Crippen LogP contribution in [0.2, 0.25) is 0 Å². The molecule has 0 saturated carbocycles. The molecule has 1 unspecified atom stereocenters. The Morgan fingerprint density at radius 1 is 1.29 bits per heavy atom. The summed E-state index contributed by atoms with van der Waals surface area (Å²) in [6, 6.07) is 0. The summed E-state index contributed by atoms with van der Waals surface area (Å²) in [6.07, 6.45) is 2.50. The molecule has 0 saturated heterocycles. The van der Waals surface area contributed by atoms with Gasteiger partial charge in [-0.1, -0.05) is 41.9 Å². The minimum atomic E-state index is 0.270. The molecule has 2 nitrogen and oxygen atoms in total. The van der Waals surface area contributed by atoms with Gasteiger partial charge in [0.1, 0.15) is 0 Å². The summed E-state index contributed by atoms with van der Waals surface area (Å²) >= 11 is 0. The molecule has 0 aliphatic rings. The van der Waals surface area contributed by atoms with Gasteiger partial charge in [-0.25, -0.2) is 0 Å². The number of aliphatic hydroxyl groups is 1. The maximum atomic E-state index is 8.54. The van der Waals surface area contributed by atoms with Crippen LogP contribution < -0.4 is 0 Å². The number of rotatable bonds is 10. The summed E-state index contributed by atoms with van der Waals surface area (Å²) in [5.41, 5.74) is 0. The van der Waals surface area contributed by atoms with Crippen LogP contribution in [0.25, 0.3) is 0 Å². The van der Waals surface area contributed by atoms with Gasteiger partial charge in [-0.3, -0.25) is 0 Å². The van der Waals surface area contributed by atoms with E-state index >= 15 is 0 Å². The van der Waals surface area contributed by atoms with E-state index in [1.54, 1.807) is 21.6 Å². The Labute approximate surface area is 95.6 Å². The van der Waals surface area contributed by atoms with Crippen molar-refractivity contribution < 1.29 is 9.84 Å². The number of hydrogen-bond acceptors (Lipinski definition) is 4.